The van der Waals surface area contributed by atoms with Crippen LogP contribution in [-0.2, 0) is 16.0 Å². The summed E-state index contributed by atoms with van der Waals surface area (Å²) in [6.45, 7) is 0.776. The first kappa shape index (κ1) is 28.4. The fourth-order valence-electron chi connectivity index (χ4n) is 4.96. The number of ether oxygens (including phenoxy) is 2. The third-order valence-corrected chi connectivity index (χ3v) is 8.25. The maximum absolute atomic E-state index is 13.5. The number of carbonyl (C=O) groups excluding carboxylic acids is 2. The lowest BCUT2D eigenvalue weighted by Crippen LogP contribution is -2.40. The molecular weight excluding hydrogens is 536 g/mol. The first-order valence-corrected chi connectivity index (χ1v) is 14.7. The van der Waals surface area contributed by atoms with Gasteiger partial charge in [-0.05, 0) is 53.9 Å². The zero-order chi connectivity index (χ0) is 28.6. The van der Waals surface area contributed by atoms with Crippen LogP contribution in [0.15, 0.2) is 84.0 Å². The van der Waals surface area contributed by atoms with Crippen molar-refractivity contribution in [2.24, 2.45) is 16.6 Å². The highest BCUT2D eigenvalue weighted by molar-refractivity contribution is 8.14. The Kier molecular flexibility index (Phi) is 9.38. The first-order valence-electron chi connectivity index (χ1n) is 13.7. The number of thioether (sulfide) groups is 1. The van der Waals surface area contributed by atoms with Crippen molar-refractivity contribution < 1.29 is 19.1 Å². The molecule has 2 atom stereocenters. The van der Waals surface area contributed by atoms with Gasteiger partial charge in [-0.25, -0.2) is 0 Å². The van der Waals surface area contributed by atoms with Gasteiger partial charge in [-0.15, -0.1) is 11.8 Å². The van der Waals surface area contributed by atoms with Crippen molar-refractivity contribution in [2.75, 3.05) is 32.6 Å². The van der Waals surface area contributed by atoms with E-state index in [2.05, 4.69) is 15.3 Å². The Morgan fingerprint density at radius 3 is 2.63 bits per heavy atom. The number of fused-ring (bicyclic) bond motifs is 1. The monoisotopic (exact) mass is 570 g/mol. The van der Waals surface area contributed by atoms with Crippen molar-refractivity contribution in [3.05, 3.63) is 95.7 Å². The summed E-state index contributed by atoms with van der Waals surface area (Å²) in [5, 5.41) is 4.91. The van der Waals surface area contributed by atoms with Gasteiger partial charge in [0.25, 0.3) is 0 Å². The van der Waals surface area contributed by atoms with E-state index in [9.17, 15) is 9.59 Å². The van der Waals surface area contributed by atoms with Gasteiger partial charge in [-0.1, -0.05) is 36.4 Å². The number of hydrogen-bond acceptors (Lipinski definition) is 7. The van der Waals surface area contributed by atoms with Crippen molar-refractivity contribution in [3.63, 3.8) is 0 Å². The molecule has 4 aromatic rings. The molecular formula is C32H34N4O4S. The summed E-state index contributed by atoms with van der Waals surface area (Å²) in [6.07, 6.45) is 2.62. The van der Waals surface area contributed by atoms with Crippen LogP contribution < -0.4 is 20.5 Å². The lowest BCUT2D eigenvalue weighted by atomic mass is 9.90. The second-order valence-corrected chi connectivity index (χ2v) is 10.9. The second kappa shape index (κ2) is 13.5. The molecule has 9 heteroatoms. The second-order valence-electron chi connectivity index (χ2n) is 9.85. The van der Waals surface area contributed by atoms with E-state index in [1.165, 1.54) is 0 Å². The molecule has 1 aliphatic rings. The van der Waals surface area contributed by atoms with E-state index >= 15 is 0 Å². The summed E-state index contributed by atoms with van der Waals surface area (Å²) in [6, 6.07) is 22.4. The molecule has 1 aliphatic heterocycles. The average molecular weight is 571 g/mol. The van der Waals surface area contributed by atoms with Crippen LogP contribution >= 0.6 is 11.8 Å². The highest BCUT2D eigenvalue weighted by Gasteiger charge is 2.29. The summed E-state index contributed by atoms with van der Waals surface area (Å²) < 4.78 is 11.3. The van der Waals surface area contributed by atoms with Crippen molar-refractivity contribution in [1.82, 2.24) is 10.3 Å². The Hall–Kier alpha value is -4.08. The number of hydrogen-bond donors (Lipinski definition) is 3. The normalized spacial score (nSPS) is 14.3. The molecule has 0 bridgehead atoms. The molecule has 5 rings (SSSR count). The molecule has 3 aromatic carbocycles. The Bertz CT molecular complexity index is 1530. The SMILES string of the molecule is COc1ccccc1CCC(=O)NCC(C(=O)COc1ccc(C2=NCCS2)cc1)C(N)c1c[nH]c2ccccc12. The number of nitrogens with one attached hydrogen (secondary N) is 2. The number of para-hydroxylation sites is 2. The van der Waals surface area contributed by atoms with Gasteiger partial charge in [-0.2, -0.15) is 0 Å². The number of rotatable bonds is 13. The lowest BCUT2D eigenvalue weighted by molar-refractivity contribution is -0.126. The van der Waals surface area contributed by atoms with Gasteiger partial charge in [-0.3, -0.25) is 14.6 Å². The third-order valence-electron chi connectivity index (χ3n) is 7.23. The van der Waals surface area contributed by atoms with Crippen LogP contribution in [0.25, 0.3) is 10.9 Å². The molecule has 0 radical (unpaired) electrons. The standard InChI is InChI=1S/C32H34N4O4S/c1-39-29-9-5-2-6-21(29)12-15-30(38)36-19-26(31(33)25-18-35-27-8-4-3-7-24(25)27)28(37)20-40-23-13-10-22(11-14-23)32-34-16-17-41-32/h2-11,13-14,18,26,31,35H,12,15-17,19-20,33H2,1H3,(H,36,38). The predicted molar refractivity (Wildman–Crippen MR) is 164 cm³/mol. The van der Waals surface area contributed by atoms with E-state index in [4.69, 9.17) is 15.2 Å². The van der Waals surface area contributed by atoms with Crippen LogP contribution in [-0.4, -0.2) is 54.3 Å². The van der Waals surface area contributed by atoms with Crippen molar-refractivity contribution in [1.29, 1.82) is 0 Å². The molecule has 1 amide bonds. The van der Waals surface area contributed by atoms with Gasteiger partial charge >= 0.3 is 0 Å². The number of Topliss-reactive ketones (excluding diaryl/α,β-unsaturated/α-hetero) is 1. The van der Waals surface area contributed by atoms with E-state index in [1.807, 2.05) is 79.0 Å². The third kappa shape index (κ3) is 6.99. The van der Waals surface area contributed by atoms with Crippen molar-refractivity contribution >= 4 is 39.4 Å². The number of aromatic amines is 1. The molecule has 0 fully saturated rings. The van der Waals surface area contributed by atoms with E-state index < -0.39 is 12.0 Å². The number of ketones is 1. The number of H-pyrrole nitrogens is 1. The highest BCUT2D eigenvalue weighted by Crippen LogP contribution is 2.28. The Morgan fingerprint density at radius 2 is 1.85 bits per heavy atom. The molecule has 8 nitrogen and oxygen atoms in total. The van der Waals surface area contributed by atoms with Crippen LogP contribution in [0.4, 0.5) is 0 Å². The summed E-state index contributed by atoms with van der Waals surface area (Å²) in [7, 11) is 1.61. The number of nitrogens with two attached hydrogens (primary N) is 1. The Balaban J connectivity index is 1.25. The summed E-state index contributed by atoms with van der Waals surface area (Å²) >= 11 is 1.74. The zero-order valence-electron chi connectivity index (χ0n) is 23.0. The zero-order valence-corrected chi connectivity index (χ0v) is 23.8. The minimum absolute atomic E-state index is 0.101. The first-order chi connectivity index (χ1) is 20.0. The number of aliphatic imine (C=N–C) groups is 1. The van der Waals surface area contributed by atoms with Gasteiger partial charge in [0.05, 0.1) is 18.1 Å². The molecule has 2 heterocycles. The Labute approximate surface area is 243 Å². The molecule has 212 valence electrons. The van der Waals surface area contributed by atoms with Crippen LogP contribution in [0.2, 0.25) is 0 Å². The highest BCUT2D eigenvalue weighted by atomic mass is 32.2. The number of amides is 1. The average Bonchev–Trinajstić information content (AvgIpc) is 3.70. The summed E-state index contributed by atoms with van der Waals surface area (Å²) in [4.78, 5) is 34.1. The predicted octanol–water partition coefficient (Wildman–Crippen LogP) is 4.68. The number of aryl methyl sites for hydroxylation is 1. The number of carbonyl (C=O) groups is 2. The topological polar surface area (TPSA) is 119 Å². The molecule has 0 saturated carbocycles. The molecule has 41 heavy (non-hydrogen) atoms. The number of aromatic nitrogens is 1. The van der Waals surface area contributed by atoms with E-state index in [-0.39, 0.29) is 31.3 Å². The van der Waals surface area contributed by atoms with Crippen molar-refractivity contribution in [3.8, 4) is 11.5 Å². The molecule has 0 saturated heterocycles. The van der Waals surface area contributed by atoms with Gasteiger partial charge in [0.1, 0.15) is 18.1 Å². The largest absolute Gasteiger partial charge is 0.496 e. The van der Waals surface area contributed by atoms with E-state index in [0.29, 0.717) is 12.2 Å². The summed E-state index contributed by atoms with van der Waals surface area (Å²) in [5.41, 5.74) is 10.5. The molecule has 4 N–H and O–H groups in total. The maximum Gasteiger partial charge on any atom is 0.220 e. The van der Waals surface area contributed by atoms with Crippen LogP contribution in [0.1, 0.15) is 29.2 Å². The van der Waals surface area contributed by atoms with Crippen LogP contribution in [0, 0.1) is 5.92 Å². The molecule has 0 aliphatic carbocycles. The lowest BCUT2D eigenvalue weighted by Gasteiger charge is -2.23. The van der Waals surface area contributed by atoms with Crippen molar-refractivity contribution in [2.45, 2.75) is 18.9 Å². The number of nitrogens with zero attached hydrogens (tertiary/aromatic N) is 1. The molecule has 1 aromatic heterocycles. The minimum Gasteiger partial charge on any atom is -0.496 e. The summed E-state index contributed by atoms with van der Waals surface area (Å²) in [5.74, 6) is 1.29. The molecule has 0 spiro atoms. The van der Waals surface area contributed by atoms with E-state index in [0.717, 1.165) is 50.7 Å². The van der Waals surface area contributed by atoms with Crippen LogP contribution in [0.3, 0.4) is 0 Å². The van der Waals surface area contributed by atoms with Gasteiger partial charge in [0.2, 0.25) is 5.91 Å². The van der Waals surface area contributed by atoms with Gasteiger partial charge < -0.3 is 25.5 Å². The maximum atomic E-state index is 13.5. The van der Waals surface area contributed by atoms with Gasteiger partial charge in [0, 0.05) is 54.0 Å². The van der Waals surface area contributed by atoms with Gasteiger partial charge in [0.15, 0.2) is 5.78 Å². The molecule has 2 unspecified atom stereocenters. The fraction of sp³-hybridized carbons (Fsp3) is 0.281. The van der Waals surface area contributed by atoms with Crippen LogP contribution in [0.5, 0.6) is 11.5 Å². The smallest absolute Gasteiger partial charge is 0.220 e. The number of benzene rings is 3. The number of methoxy groups -OCH3 is 1. The minimum atomic E-state index is -0.687. The quantitative estimate of drug-likeness (QED) is 0.215. The Morgan fingerprint density at radius 1 is 1.07 bits per heavy atom. The fourth-order valence-corrected chi connectivity index (χ4v) is 5.82. The van der Waals surface area contributed by atoms with E-state index in [1.54, 1.807) is 18.9 Å².